The number of hydrogen-bond donors (Lipinski definition) is 1. The summed E-state index contributed by atoms with van der Waals surface area (Å²) >= 11 is 0. The van der Waals surface area contributed by atoms with Crippen molar-refractivity contribution in [2.45, 2.75) is 6.42 Å². The first-order chi connectivity index (χ1) is 8.16. The SMILES string of the molecule is NC(=O)c1ccccc1Cc1cccc(F)c1. The van der Waals surface area contributed by atoms with Crippen molar-refractivity contribution in [3.63, 3.8) is 0 Å². The molecule has 2 nitrogen and oxygen atoms in total. The van der Waals surface area contributed by atoms with E-state index in [1.54, 1.807) is 18.2 Å². The van der Waals surface area contributed by atoms with E-state index in [1.165, 1.54) is 12.1 Å². The lowest BCUT2D eigenvalue weighted by Crippen LogP contribution is -2.13. The zero-order valence-corrected chi connectivity index (χ0v) is 9.19. The Morgan fingerprint density at radius 2 is 1.88 bits per heavy atom. The first kappa shape index (κ1) is 11.3. The molecule has 1 amide bonds. The summed E-state index contributed by atoms with van der Waals surface area (Å²) in [6.45, 7) is 0. The molecule has 2 rings (SSSR count). The van der Waals surface area contributed by atoms with Crippen molar-refractivity contribution in [3.8, 4) is 0 Å². The van der Waals surface area contributed by atoms with Gasteiger partial charge in [0.1, 0.15) is 5.82 Å². The van der Waals surface area contributed by atoms with Gasteiger partial charge in [0.05, 0.1) is 0 Å². The number of halogens is 1. The largest absolute Gasteiger partial charge is 0.366 e. The van der Waals surface area contributed by atoms with Crippen LogP contribution in [0.25, 0.3) is 0 Å². The van der Waals surface area contributed by atoms with Gasteiger partial charge in [0.15, 0.2) is 0 Å². The number of carbonyl (C=O) groups is 1. The summed E-state index contributed by atoms with van der Waals surface area (Å²) in [7, 11) is 0. The Kier molecular flexibility index (Phi) is 3.19. The van der Waals surface area contributed by atoms with Crippen molar-refractivity contribution in [2.24, 2.45) is 5.73 Å². The Labute approximate surface area is 98.9 Å². The Morgan fingerprint density at radius 1 is 1.12 bits per heavy atom. The zero-order chi connectivity index (χ0) is 12.3. The van der Waals surface area contributed by atoms with Crippen LogP contribution in [0, 0.1) is 5.82 Å². The van der Waals surface area contributed by atoms with E-state index in [0.29, 0.717) is 12.0 Å². The summed E-state index contributed by atoms with van der Waals surface area (Å²) in [4.78, 5) is 11.2. The summed E-state index contributed by atoms with van der Waals surface area (Å²) in [5.41, 5.74) is 7.40. The normalized spacial score (nSPS) is 10.2. The molecule has 0 aliphatic heterocycles. The highest BCUT2D eigenvalue weighted by Crippen LogP contribution is 2.14. The molecule has 0 fully saturated rings. The van der Waals surface area contributed by atoms with Crippen LogP contribution >= 0.6 is 0 Å². The Morgan fingerprint density at radius 3 is 2.59 bits per heavy atom. The Hall–Kier alpha value is -2.16. The molecular formula is C14H12FNO. The molecular weight excluding hydrogens is 217 g/mol. The van der Waals surface area contributed by atoms with Crippen LogP contribution in [0.15, 0.2) is 48.5 Å². The molecule has 2 N–H and O–H groups in total. The van der Waals surface area contributed by atoms with Crippen LogP contribution in [0.2, 0.25) is 0 Å². The van der Waals surface area contributed by atoms with Gasteiger partial charge in [-0.25, -0.2) is 4.39 Å². The van der Waals surface area contributed by atoms with E-state index in [2.05, 4.69) is 0 Å². The number of nitrogens with two attached hydrogens (primary N) is 1. The van der Waals surface area contributed by atoms with Gasteiger partial charge in [-0.1, -0.05) is 30.3 Å². The van der Waals surface area contributed by atoms with Crippen molar-refractivity contribution >= 4 is 5.91 Å². The lowest BCUT2D eigenvalue weighted by Gasteiger charge is -2.06. The highest BCUT2D eigenvalue weighted by molar-refractivity contribution is 5.94. The third-order valence-corrected chi connectivity index (χ3v) is 2.57. The lowest BCUT2D eigenvalue weighted by molar-refractivity contribution is 0.0999. The minimum Gasteiger partial charge on any atom is -0.366 e. The highest BCUT2D eigenvalue weighted by Gasteiger charge is 2.07. The molecule has 0 aromatic heterocycles. The van der Waals surface area contributed by atoms with Crippen molar-refractivity contribution in [2.75, 3.05) is 0 Å². The molecule has 0 aliphatic rings. The fourth-order valence-corrected chi connectivity index (χ4v) is 1.78. The van der Waals surface area contributed by atoms with Crippen molar-refractivity contribution in [1.29, 1.82) is 0 Å². The van der Waals surface area contributed by atoms with Crippen molar-refractivity contribution < 1.29 is 9.18 Å². The van der Waals surface area contributed by atoms with Crippen LogP contribution in [0.5, 0.6) is 0 Å². The van der Waals surface area contributed by atoms with Gasteiger partial charge >= 0.3 is 0 Å². The average molecular weight is 229 g/mol. The Bertz CT molecular complexity index is 551. The highest BCUT2D eigenvalue weighted by atomic mass is 19.1. The van der Waals surface area contributed by atoms with Gasteiger partial charge in [-0.2, -0.15) is 0 Å². The molecule has 0 spiro atoms. The second-order valence-corrected chi connectivity index (χ2v) is 3.83. The first-order valence-electron chi connectivity index (χ1n) is 5.29. The molecule has 2 aromatic carbocycles. The minimum absolute atomic E-state index is 0.279. The number of carbonyl (C=O) groups excluding carboxylic acids is 1. The topological polar surface area (TPSA) is 43.1 Å². The van der Waals surface area contributed by atoms with Crippen LogP contribution in [-0.4, -0.2) is 5.91 Å². The second kappa shape index (κ2) is 4.78. The van der Waals surface area contributed by atoms with Gasteiger partial charge in [-0.05, 0) is 35.7 Å². The van der Waals surface area contributed by atoms with Crippen molar-refractivity contribution in [3.05, 3.63) is 71.0 Å². The number of rotatable bonds is 3. The third kappa shape index (κ3) is 2.69. The summed E-state index contributed by atoms with van der Waals surface area (Å²) in [6.07, 6.45) is 0.497. The van der Waals surface area contributed by atoms with Gasteiger partial charge < -0.3 is 5.73 Å². The standard InChI is InChI=1S/C14H12FNO/c15-12-6-3-4-10(9-12)8-11-5-1-2-7-13(11)14(16)17/h1-7,9H,8H2,(H2,16,17). The van der Waals surface area contributed by atoms with Gasteiger partial charge in [0.2, 0.25) is 5.91 Å². The second-order valence-electron chi connectivity index (χ2n) is 3.83. The monoisotopic (exact) mass is 229 g/mol. The molecule has 0 saturated heterocycles. The van der Waals surface area contributed by atoms with E-state index < -0.39 is 5.91 Å². The number of hydrogen-bond acceptors (Lipinski definition) is 1. The molecule has 0 aliphatic carbocycles. The van der Waals surface area contributed by atoms with Gasteiger partial charge in [-0.15, -0.1) is 0 Å². The van der Waals surface area contributed by atoms with E-state index in [-0.39, 0.29) is 5.82 Å². The molecule has 2 aromatic rings. The maximum atomic E-state index is 13.0. The van der Waals surface area contributed by atoms with E-state index in [1.807, 2.05) is 18.2 Å². The predicted octanol–water partition coefficient (Wildman–Crippen LogP) is 2.52. The van der Waals surface area contributed by atoms with Gasteiger partial charge in [0.25, 0.3) is 0 Å². The van der Waals surface area contributed by atoms with Gasteiger partial charge in [-0.3, -0.25) is 4.79 Å². The maximum absolute atomic E-state index is 13.0. The van der Waals surface area contributed by atoms with Crippen LogP contribution in [0.4, 0.5) is 4.39 Å². The molecule has 0 heterocycles. The molecule has 0 saturated carbocycles. The van der Waals surface area contributed by atoms with Crippen LogP contribution < -0.4 is 5.73 Å². The fraction of sp³-hybridized carbons (Fsp3) is 0.0714. The maximum Gasteiger partial charge on any atom is 0.248 e. The number of benzene rings is 2. The molecule has 0 bridgehead atoms. The summed E-state index contributed by atoms with van der Waals surface area (Å²) in [5.74, 6) is -0.740. The quantitative estimate of drug-likeness (QED) is 0.863. The van der Waals surface area contributed by atoms with Crippen LogP contribution in [0.1, 0.15) is 21.5 Å². The van der Waals surface area contributed by atoms with Crippen molar-refractivity contribution in [1.82, 2.24) is 0 Å². The molecule has 0 unspecified atom stereocenters. The molecule has 3 heteroatoms. The van der Waals surface area contributed by atoms with E-state index >= 15 is 0 Å². The summed E-state index contributed by atoms with van der Waals surface area (Å²) in [6, 6.07) is 13.4. The molecule has 17 heavy (non-hydrogen) atoms. The molecule has 0 radical (unpaired) electrons. The number of primary amides is 1. The van der Waals surface area contributed by atoms with Gasteiger partial charge in [0, 0.05) is 5.56 Å². The third-order valence-electron chi connectivity index (χ3n) is 2.57. The van der Waals surface area contributed by atoms with E-state index in [4.69, 9.17) is 5.73 Å². The zero-order valence-electron chi connectivity index (χ0n) is 9.19. The number of amides is 1. The first-order valence-corrected chi connectivity index (χ1v) is 5.29. The summed E-state index contributed by atoms with van der Waals surface area (Å²) < 4.78 is 13.0. The molecule has 0 atom stereocenters. The smallest absolute Gasteiger partial charge is 0.248 e. The van der Waals surface area contributed by atoms with E-state index in [0.717, 1.165) is 11.1 Å². The Balaban J connectivity index is 2.33. The summed E-state index contributed by atoms with van der Waals surface area (Å²) in [5, 5.41) is 0. The van der Waals surface area contributed by atoms with Crippen LogP contribution in [0.3, 0.4) is 0 Å². The molecule has 86 valence electrons. The lowest BCUT2D eigenvalue weighted by atomic mass is 9.99. The fourth-order valence-electron chi connectivity index (χ4n) is 1.78. The van der Waals surface area contributed by atoms with Crippen LogP contribution in [-0.2, 0) is 6.42 Å². The van der Waals surface area contributed by atoms with E-state index in [9.17, 15) is 9.18 Å². The minimum atomic E-state index is -0.461. The average Bonchev–Trinajstić information content (AvgIpc) is 2.29. The predicted molar refractivity (Wildman–Crippen MR) is 64.2 cm³/mol.